The molecule has 3 nitrogen and oxygen atoms in total. The van der Waals surface area contributed by atoms with Gasteiger partial charge in [0.25, 0.3) is 0 Å². The first-order valence-electron chi connectivity index (χ1n) is 7.73. The van der Waals surface area contributed by atoms with E-state index in [2.05, 4.69) is 19.3 Å². The summed E-state index contributed by atoms with van der Waals surface area (Å²) in [6.07, 6.45) is 12.7. The van der Waals surface area contributed by atoms with Gasteiger partial charge in [0.15, 0.2) is 0 Å². The summed E-state index contributed by atoms with van der Waals surface area (Å²) in [7, 11) is 0. The Morgan fingerprint density at radius 3 is 2.06 bits per heavy atom. The maximum atomic E-state index is 11.2. The smallest absolute Gasteiger partial charge is 0.324 e. The van der Waals surface area contributed by atoms with Crippen LogP contribution in [-0.2, 0) is 9.63 Å². The SMILES string of the molecule is CCCCCCCCCNOC(=O)CCCCC. The number of rotatable bonds is 13. The van der Waals surface area contributed by atoms with Gasteiger partial charge >= 0.3 is 5.97 Å². The van der Waals surface area contributed by atoms with Gasteiger partial charge in [0.05, 0.1) is 0 Å². The minimum Gasteiger partial charge on any atom is -0.371 e. The third-order valence-corrected chi connectivity index (χ3v) is 3.05. The number of carbonyl (C=O) groups excluding carboxylic acids is 1. The number of unbranched alkanes of at least 4 members (excludes halogenated alkanes) is 8. The van der Waals surface area contributed by atoms with Gasteiger partial charge in [-0.25, -0.2) is 0 Å². The molecule has 0 aliphatic carbocycles. The van der Waals surface area contributed by atoms with Crippen molar-refractivity contribution in [3.8, 4) is 0 Å². The molecule has 0 unspecified atom stereocenters. The Bertz CT molecular complexity index is 183. The summed E-state index contributed by atoms with van der Waals surface area (Å²) in [6, 6.07) is 0. The molecule has 0 saturated carbocycles. The van der Waals surface area contributed by atoms with Gasteiger partial charge in [-0.2, -0.15) is 5.48 Å². The number of carbonyl (C=O) groups is 1. The van der Waals surface area contributed by atoms with E-state index in [0.717, 1.165) is 32.2 Å². The van der Waals surface area contributed by atoms with Crippen molar-refractivity contribution in [3.63, 3.8) is 0 Å². The van der Waals surface area contributed by atoms with Crippen LogP contribution < -0.4 is 5.48 Å². The summed E-state index contributed by atoms with van der Waals surface area (Å²) in [4.78, 5) is 16.2. The van der Waals surface area contributed by atoms with Crippen LogP contribution in [0.4, 0.5) is 0 Å². The van der Waals surface area contributed by atoms with Crippen molar-refractivity contribution in [2.45, 2.75) is 84.5 Å². The van der Waals surface area contributed by atoms with Crippen molar-refractivity contribution in [2.24, 2.45) is 0 Å². The van der Waals surface area contributed by atoms with Gasteiger partial charge in [-0.15, -0.1) is 0 Å². The molecule has 0 saturated heterocycles. The lowest BCUT2D eigenvalue weighted by atomic mass is 10.1. The minimum absolute atomic E-state index is 0.119. The van der Waals surface area contributed by atoms with Crippen LogP contribution in [-0.4, -0.2) is 12.5 Å². The molecule has 0 amide bonds. The Morgan fingerprint density at radius 2 is 1.39 bits per heavy atom. The maximum absolute atomic E-state index is 11.2. The van der Waals surface area contributed by atoms with Crippen LogP contribution in [0, 0.1) is 0 Å². The molecule has 0 bridgehead atoms. The van der Waals surface area contributed by atoms with Crippen LogP contribution in [0.3, 0.4) is 0 Å². The molecule has 0 aromatic heterocycles. The second kappa shape index (κ2) is 14.5. The van der Waals surface area contributed by atoms with Crippen LogP contribution in [0.25, 0.3) is 0 Å². The zero-order valence-electron chi connectivity index (χ0n) is 12.3. The Hall–Kier alpha value is -0.570. The summed E-state index contributed by atoms with van der Waals surface area (Å²) in [5, 5.41) is 0. The highest BCUT2D eigenvalue weighted by Crippen LogP contribution is 2.06. The van der Waals surface area contributed by atoms with Crippen molar-refractivity contribution in [1.29, 1.82) is 0 Å². The molecule has 0 atom stereocenters. The molecule has 18 heavy (non-hydrogen) atoms. The fourth-order valence-corrected chi connectivity index (χ4v) is 1.86. The molecule has 108 valence electrons. The molecule has 0 aliphatic rings. The normalized spacial score (nSPS) is 10.6. The standard InChI is InChI=1S/C15H31NO2/c1-3-5-7-8-9-10-12-14-16-18-15(17)13-11-6-4-2/h16H,3-14H2,1-2H3. The summed E-state index contributed by atoms with van der Waals surface area (Å²) in [6.45, 7) is 5.15. The second-order valence-corrected chi connectivity index (χ2v) is 4.95. The predicted octanol–water partition coefficient (Wildman–Crippen LogP) is 4.37. The van der Waals surface area contributed by atoms with E-state index in [4.69, 9.17) is 4.84 Å². The highest BCUT2D eigenvalue weighted by atomic mass is 16.7. The first kappa shape index (κ1) is 17.4. The van der Waals surface area contributed by atoms with E-state index in [-0.39, 0.29) is 5.97 Å². The van der Waals surface area contributed by atoms with Crippen LogP contribution in [0.5, 0.6) is 0 Å². The average molecular weight is 257 g/mol. The molecule has 0 radical (unpaired) electrons. The van der Waals surface area contributed by atoms with Crippen molar-refractivity contribution in [2.75, 3.05) is 6.54 Å². The van der Waals surface area contributed by atoms with E-state index in [9.17, 15) is 4.79 Å². The molecule has 0 fully saturated rings. The van der Waals surface area contributed by atoms with Crippen molar-refractivity contribution >= 4 is 5.97 Å². The zero-order valence-corrected chi connectivity index (χ0v) is 12.3. The zero-order chi connectivity index (χ0) is 13.5. The molecule has 0 aliphatic heterocycles. The summed E-state index contributed by atoms with van der Waals surface area (Å²) < 4.78 is 0. The van der Waals surface area contributed by atoms with Crippen LogP contribution in [0.15, 0.2) is 0 Å². The number of hydrogen-bond acceptors (Lipinski definition) is 3. The quantitative estimate of drug-likeness (QED) is 0.393. The van der Waals surface area contributed by atoms with Gasteiger partial charge in [-0.1, -0.05) is 65.2 Å². The van der Waals surface area contributed by atoms with Gasteiger partial charge in [0.2, 0.25) is 0 Å². The van der Waals surface area contributed by atoms with E-state index >= 15 is 0 Å². The molecule has 3 heteroatoms. The first-order valence-corrected chi connectivity index (χ1v) is 7.73. The van der Waals surface area contributed by atoms with Gasteiger partial charge in [-0.05, 0) is 12.8 Å². The number of hydrogen-bond donors (Lipinski definition) is 1. The lowest BCUT2D eigenvalue weighted by Gasteiger charge is -2.05. The minimum atomic E-state index is -0.119. The molecular weight excluding hydrogens is 226 g/mol. The molecule has 0 spiro atoms. The number of hydroxylamine groups is 1. The van der Waals surface area contributed by atoms with Crippen molar-refractivity contribution < 1.29 is 9.63 Å². The Balaban J connectivity index is 3.08. The topological polar surface area (TPSA) is 38.3 Å². The van der Waals surface area contributed by atoms with Crippen molar-refractivity contribution in [3.05, 3.63) is 0 Å². The lowest BCUT2D eigenvalue weighted by molar-refractivity contribution is -0.151. The third-order valence-electron chi connectivity index (χ3n) is 3.05. The average Bonchev–Trinajstić information content (AvgIpc) is 2.37. The fraction of sp³-hybridized carbons (Fsp3) is 0.933. The second-order valence-electron chi connectivity index (χ2n) is 4.95. The predicted molar refractivity (Wildman–Crippen MR) is 76.2 cm³/mol. The van der Waals surface area contributed by atoms with Gasteiger partial charge in [0, 0.05) is 13.0 Å². The third kappa shape index (κ3) is 13.5. The van der Waals surface area contributed by atoms with E-state index in [1.165, 1.54) is 38.5 Å². The van der Waals surface area contributed by atoms with Crippen LogP contribution >= 0.6 is 0 Å². The summed E-state index contributed by atoms with van der Waals surface area (Å²) in [5.74, 6) is -0.119. The van der Waals surface area contributed by atoms with Crippen LogP contribution in [0.1, 0.15) is 84.5 Å². The van der Waals surface area contributed by atoms with Gasteiger partial charge < -0.3 is 4.84 Å². The Kier molecular flexibility index (Phi) is 14.0. The lowest BCUT2D eigenvalue weighted by Crippen LogP contribution is -2.20. The van der Waals surface area contributed by atoms with Gasteiger partial charge in [-0.3, -0.25) is 4.79 Å². The van der Waals surface area contributed by atoms with Crippen molar-refractivity contribution in [1.82, 2.24) is 5.48 Å². The first-order chi connectivity index (χ1) is 8.81. The Morgan fingerprint density at radius 1 is 0.833 bits per heavy atom. The molecule has 0 heterocycles. The highest BCUT2D eigenvalue weighted by molar-refractivity contribution is 5.68. The molecule has 1 N–H and O–H groups in total. The van der Waals surface area contributed by atoms with Gasteiger partial charge in [0.1, 0.15) is 0 Å². The maximum Gasteiger partial charge on any atom is 0.324 e. The fourth-order valence-electron chi connectivity index (χ4n) is 1.86. The summed E-state index contributed by atoms with van der Waals surface area (Å²) in [5.41, 5.74) is 2.76. The van der Waals surface area contributed by atoms with E-state index in [0.29, 0.717) is 6.42 Å². The molecule has 0 aromatic rings. The van der Waals surface area contributed by atoms with E-state index < -0.39 is 0 Å². The molecule has 0 aromatic carbocycles. The summed E-state index contributed by atoms with van der Waals surface area (Å²) >= 11 is 0. The molecular formula is C15H31NO2. The molecule has 0 rings (SSSR count). The van der Waals surface area contributed by atoms with E-state index in [1.54, 1.807) is 0 Å². The Labute approximate surface area is 113 Å². The highest BCUT2D eigenvalue weighted by Gasteiger charge is 2.01. The van der Waals surface area contributed by atoms with Crippen LogP contribution in [0.2, 0.25) is 0 Å². The number of nitrogens with one attached hydrogen (secondary N) is 1. The van der Waals surface area contributed by atoms with E-state index in [1.807, 2.05) is 0 Å². The largest absolute Gasteiger partial charge is 0.371 e. The monoisotopic (exact) mass is 257 g/mol.